The summed E-state index contributed by atoms with van der Waals surface area (Å²) < 4.78 is 33.2. The van der Waals surface area contributed by atoms with E-state index in [1.54, 1.807) is 6.07 Å². The average Bonchev–Trinajstić information content (AvgIpc) is 2.78. The van der Waals surface area contributed by atoms with Gasteiger partial charge in [0.05, 0.1) is 0 Å². The molecule has 0 radical (unpaired) electrons. The van der Waals surface area contributed by atoms with Gasteiger partial charge in [-0.05, 0) is 38.9 Å². The number of rotatable bonds is 5. The summed E-state index contributed by atoms with van der Waals surface area (Å²) in [4.78, 5) is 1.01. The zero-order valence-electron chi connectivity index (χ0n) is 11.2. The molecule has 1 aromatic heterocycles. The van der Waals surface area contributed by atoms with Crippen LogP contribution in [0, 0.1) is 0 Å². The Morgan fingerprint density at radius 2 is 2.05 bits per heavy atom. The first kappa shape index (κ1) is 14.9. The smallest absolute Gasteiger partial charge is 0.250 e. The summed E-state index contributed by atoms with van der Waals surface area (Å²) in [6.07, 6.45) is 1.42. The van der Waals surface area contributed by atoms with Crippen LogP contribution >= 0.6 is 11.3 Å². The molecule has 2 N–H and O–H groups in total. The average molecular weight is 304 g/mol. The van der Waals surface area contributed by atoms with Gasteiger partial charge in [0.1, 0.15) is 4.21 Å². The van der Waals surface area contributed by atoms with E-state index in [1.807, 2.05) is 20.0 Å². The van der Waals surface area contributed by atoms with E-state index in [4.69, 9.17) is 4.74 Å². The topological polar surface area (TPSA) is 67.4 Å². The third-order valence-electron chi connectivity index (χ3n) is 3.23. The van der Waals surface area contributed by atoms with Crippen molar-refractivity contribution in [2.45, 2.75) is 36.1 Å². The number of sulfonamides is 1. The van der Waals surface area contributed by atoms with Crippen LogP contribution in [0.1, 0.15) is 24.6 Å². The SMILES string of the molecule is CNCc1ccc(S(=O)(=O)NC2(C)CCOCC2)s1. The van der Waals surface area contributed by atoms with Crippen molar-refractivity contribution in [1.82, 2.24) is 10.0 Å². The van der Waals surface area contributed by atoms with Crippen LogP contribution in [0.3, 0.4) is 0 Å². The van der Waals surface area contributed by atoms with Crippen LogP contribution in [0.4, 0.5) is 0 Å². The zero-order chi connectivity index (χ0) is 13.9. The molecule has 0 amide bonds. The van der Waals surface area contributed by atoms with Crippen LogP contribution in [-0.2, 0) is 21.3 Å². The molecule has 0 atom stereocenters. The maximum absolute atomic E-state index is 12.4. The quantitative estimate of drug-likeness (QED) is 0.861. The minimum Gasteiger partial charge on any atom is -0.381 e. The van der Waals surface area contributed by atoms with Crippen LogP contribution in [0.5, 0.6) is 0 Å². The summed E-state index contributed by atoms with van der Waals surface area (Å²) in [6.45, 7) is 3.84. The maximum Gasteiger partial charge on any atom is 0.250 e. The molecule has 1 saturated heterocycles. The van der Waals surface area contributed by atoms with Crippen LogP contribution in [-0.4, -0.2) is 34.2 Å². The molecule has 1 aromatic rings. The Morgan fingerprint density at radius 3 is 2.68 bits per heavy atom. The van der Waals surface area contributed by atoms with Crippen molar-refractivity contribution >= 4 is 21.4 Å². The highest BCUT2D eigenvalue weighted by atomic mass is 32.2. The van der Waals surface area contributed by atoms with Crippen LogP contribution in [0.2, 0.25) is 0 Å². The van der Waals surface area contributed by atoms with Crippen LogP contribution in [0.25, 0.3) is 0 Å². The molecule has 1 aliphatic rings. The van der Waals surface area contributed by atoms with Gasteiger partial charge in [-0.15, -0.1) is 11.3 Å². The van der Waals surface area contributed by atoms with Crippen molar-refractivity contribution in [2.75, 3.05) is 20.3 Å². The van der Waals surface area contributed by atoms with Gasteiger partial charge >= 0.3 is 0 Å². The van der Waals surface area contributed by atoms with E-state index < -0.39 is 15.6 Å². The molecule has 0 saturated carbocycles. The van der Waals surface area contributed by atoms with E-state index in [0.717, 1.165) is 4.88 Å². The molecule has 19 heavy (non-hydrogen) atoms. The molecule has 0 spiro atoms. The standard InChI is InChI=1S/C12H20N2O3S2/c1-12(5-7-17-8-6-12)14-19(15,16)11-4-3-10(18-11)9-13-2/h3-4,13-14H,5-9H2,1-2H3. The van der Waals surface area contributed by atoms with Crippen LogP contribution < -0.4 is 10.0 Å². The van der Waals surface area contributed by atoms with Gasteiger partial charge in [0.15, 0.2) is 0 Å². The van der Waals surface area contributed by atoms with E-state index in [-0.39, 0.29) is 0 Å². The summed E-state index contributed by atoms with van der Waals surface area (Å²) in [5.74, 6) is 0. The van der Waals surface area contributed by atoms with E-state index in [0.29, 0.717) is 36.8 Å². The van der Waals surface area contributed by atoms with Crippen molar-refractivity contribution in [3.8, 4) is 0 Å². The highest BCUT2D eigenvalue weighted by Crippen LogP contribution is 2.26. The van der Waals surface area contributed by atoms with Gasteiger partial charge in [0.25, 0.3) is 10.0 Å². The van der Waals surface area contributed by atoms with Crippen molar-refractivity contribution < 1.29 is 13.2 Å². The fraction of sp³-hybridized carbons (Fsp3) is 0.667. The number of hydrogen-bond donors (Lipinski definition) is 2. The third-order valence-corrected chi connectivity index (χ3v) is 6.45. The first-order chi connectivity index (χ1) is 8.95. The lowest BCUT2D eigenvalue weighted by molar-refractivity contribution is 0.0538. The Kier molecular flexibility index (Phi) is 4.62. The van der Waals surface area contributed by atoms with E-state index in [2.05, 4.69) is 10.0 Å². The predicted octanol–water partition coefficient (Wildman–Crippen LogP) is 1.31. The molecular weight excluding hydrogens is 284 g/mol. The largest absolute Gasteiger partial charge is 0.381 e. The second-order valence-corrected chi connectivity index (χ2v) is 8.11. The first-order valence-electron chi connectivity index (χ1n) is 6.30. The highest BCUT2D eigenvalue weighted by molar-refractivity contribution is 7.91. The Labute approximate surface area is 118 Å². The van der Waals surface area contributed by atoms with Gasteiger partial charge in [-0.3, -0.25) is 0 Å². The first-order valence-corrected chi connectivity index (χ1v) is 8.60. The van der Waals surface area contributed by atoms with Crippen molar-refractivity contribution in [2.24, 2.45) is 0 Å². The number of thiophene rings is 1. The van der Waals surface area contributed by atoms with Crippen LogP contribution in [0.15, 0.2) is 16.3 Å². The Bertz CT molecular complexity index is 519. The Hall–Kier alpha value is -0.470. The van der Waals surface area contributed by atoms with Gasteiger partial charge in [-0.2, -0.15) is 0 Å². The summed E-state index contributed by atoms with van der Waals surface area (Å²) in [5, 5.41) is 3.02. The number of nitrogens with one attached hydrogen (secondary N) is 2. The van der Waals surface area contributed by atoms with E-state index in [9.17, 15) is 8.42 Å². The van der Waals surface area contributed by atoms with Gasteiger partial charge in [0.2, 0.25) is 0 Å². The van der Waals surface area contributed by atoms with Crippen molar-refractivity contribution in [1.29, 1.82) is 0 Å². The Balaban J connectivity index is 2.12. The molecule has 0 aromatic carbocycles. The monoisotopic (exact) mass is 304 g/mol. The molecule has 1 fully saturated rings. The summed E-state index contributed by atoms with van der Waals surface area (Å²) in [6, 6.07) is 3.52. The van der Waals surface area contributed by atoms with Gasteiger partial charge in [0, 0.05) is 30.2 Å². The molecule has 5 nitrogen and oxygen atoms in total. The number of hydrogen-bond acceptors (Lipinski definition) is 5. The molecule has 0 aliphatic carbocycles. The second kappa shape index (κ2) is 5.88. The summed E-state index contributed by atoms with van der Waals surface area (Å²) in [5.41, 5.74) is -0.399. The normalized spacial score (nSPS) is 19.5. The minimum absolute atomic E-state index is 0.380. The molecule has 7 heteroatoms. The summed E-state index contributed by atoms with van der Waals surface area (Å²) >= 11 is 1.31. The molecule has 1 aliphatic heterocycles. The lowest BCUT2D eigenvalue weighted by Crippen LogP contribution is -2.49. The molecule has 2 rings (SSSR count). The third kappa shape index (κ3) is 3.76. The molecule has 0 bridgehead atoms. The Morgan fingerprint density at radius 1 is 1.37 bits per heavy atom. The fourth-order valence-electron chi connectivity index (χ4n) is 2.07. The summed E-state index contributed by atoms with van der Waals surface area (Å²) in [7, 11) is -1.59. The van der Waals surface area contributed by atoms with E-state index in [1.165, 1.54) is 11.3 Å². The van der Waals surface area contributed by atoms with E-state index >= 15 is 0 Å². The van der Waals surface area contributed by atoms with Gasteiger partial charge < -0.3 is 10.1 Å². The van der Waals surface area contributed by atoms with Crippen molar-refractivity contribution in [3.05, 3.63) is 17.0 Å². The second-order valence-electron chi connectivity index (χ2n) is 5.03. The molecule has 2 heterocycles. The molecule has 108 valence electrons. The minimum atomic E-state index is -3.43. The lowest BCUT2D eigenvalue weighted by Gasteiger charge is -2.33. The zero-order valence-corrected chi connectivity index (χ0v) is 12.9. The maximum atomic E-state index is 12.4. The molecule has 0 unspecified atom stereocenters. The lowest BCUT2D eigenvalue weighted by atomic mass is 9.94. The van der Waals surface area contributed by atoms with Gasteiger partial charge in [-0.25, -0.2) is 13.1 Å². The van der Waals surface area contributed by atoms with Crippen molar-refractivity contribution in [3.63, 3.8) is 0 Å². The highest BCUT2D eigenvalue weighted by Gasteiger charge is 2.33. The van der Waals surface area contributed by atoms with Gasteiger partial charge in [-0.1, -0.05) is 0 Å². The predicted molar refractivity (Wildman–Crippen MR) is 75.9 cm³/mol. The fourth-order valence-corrected chi connectivity index (χ4v) is 4.90. The number of ether oxygens (including phenoxy) is 1. The molecular formula is C12H20N2O3S2.